The van der Waals surface area contributed by atoms with Gasteiger partial charge in [-0.2, -0.15) is 0 Å². The van der Waals surface area contributed by atoms with E-state index in [-0.39, 0.29) is 24.9 Å². The Morgan fingerprint density at radius 2 is 1.57 bits per heavy atom. The van der Waals surface area contributed by atoms with Gasteiger partial charge >= 0.3 is 0 Å². The quantitative estimate of drug-likeness (QED) is 0.488. The fourth-order valence-electron chi connectivity index (χ4n) is 3.33. The van der Waals surface area contributed by atoms with Crippen molar-refractivity contribution in [1.29, 1.82) is 0 Å². The van der Waals surface area contributed by atoms with Crippen LogP contribution in [0.25, 0.3) is 0 Å². The second kappa shape index (κ2) is 12.2. The fraction of sp³-hybridized carbons (Fsp3) is 0.591. The van der Waals surface area contributed by atoms with Crippen LogP contribution in [-0.2, 0) is 20.8 Å². The zero-order valence-corrected chi connectivity index (χ0v) is 18.2. The van der Waals surface area contributed by atoms with E-state index in [1.807, 2.05) is 24.3 Å². The largest absolute Gasteiger partial charge is 0.492 e. The number of carbonyl (C=O) groups excluding carboxylic acids is 3. The van der Waals surface area contributed by atoms with E-state index >= 15 is 0 Å². The molecule has 8 nitrogen and oxygen atoms in total. The van der Waals surface area contributed by atoms with Gasteiger partial charge < -0.3 is 20.7 Å². The second-order valence-electron chi connectivity index (χ2n) is 7.99. The molecule has 0 saturated carbocycles. The summed E-state index contributed by atoms with van der Waals surface area (Å²) in [6.45, 7) is 10.1. The highest BCUT2D eigenvalue weighted by Gasteiger charge is 2.25. The average Bonchev–Trinajstić information content (AvgIpc) is 3.03. The Morgan fingerprint density at radius 3 is 2.20 bits per heavy atom. The molecule has 1 saturated heterocycles. The summed E-state index contributed by atoms with van der Waals surface area (Å²) < 4.78 is 5.85. The predicted molar refractivity (Wildman–Crippen MR) is 115 cm³/mol. The van der Waals surface area contributed by atoms with Gasteiger partial charge in [-0.15, -0.1) is 0 Å². The number of nitrogens with zero attached hydrogens (tertiary/aromatic N) is 1. The number of rotatable bonds is 11. The van der Waals surface area contributed by atoms with Crippen molar-refractivity contribution in [2.45, 2.75) is 27.2 Å². The smallest absolute Gasteiger partial charge is 0.239 e. The van der Waals surface area contributed by atoms with Gasteiger partial charge in [-0.3, -0.25) is 19.3 Å². The third-order valence-electron chi connectivity index (χ3n) is 5.34. The average molecular weight is 419 g/mol. The van der Waals surface area contributed by atoms with Crippen molar-refractivity contribution in [2.75, 3.05) is 45.9 Å². The second-order valence-corrected chi connectivity index (χ2v) is 7.99. The van der Waals surface area contributed by atoms with E-state index in [1.54, 1.807) is 0 Å². The summed E-state index contributed by atoms with van der Waals surface area (Å²) in [5, 5.41) is 7.59. The highest BCUT2D eigenvalue weighted by Crippen LogP contribution is 2.21. The summed E-state index contributed by atoms with van der Waals surface area (Å²) in [7, 11) is 0. The molecule has 2 rings (SSSR count). The Kier molecular flexibility index (Phi) is 9.60. The number of likely N-dealkylation sites (tertiary alicyclic amines) is 1. The van der Waals surface area contributed by atoms with E-state index in [2.05, 4.69) is 34.7 Å². The normalized spacial score (nSPS) is 18.6. The summed E-state index contributed by atoms with van der Waals surface area (Å²) >= 11 is 0. The van der Waals surface area contributed by atoms with Crippen LogP contribution in [0.4, 0.5) is 0 Å². The van der Waals surface area contributed by atoms with Gasteiger partial charge in [-0.05, 0) is 36.0 Å². The van der Waals surface area contributed by atoms with Crippen LogP contribution in [0.15, 0.2) is 24.3 Å². The Morgan fingerprint density at radius 1 is 0.967 bits per heavy atom. The third kappa shape index (κ3) is 8.82. The molecule has 1 aromatic carbocycles. The van der Waals surface area contributed by atoms with E-state index in [4.69, 9.17) is 4.74 Å². The lowest BCUT2D eigenvalue weighted by Crippen LogP contribution is -2.41. The maximum Gasteiger partial charge on any atom is 0.239 e. The molecule has 3 amide bonds. The molecule has 1 aliphatic heterocycles. The molecule has 3 N–H and O–H groups in total. The van der Waals surface area contributed by atoms with E-state index in [0.717, 1.165) is 42.8 Å². The van der Waals surface area contributed by atoms with Gasteiger partial charge in [0.05, 0.1) is 13.1 Å². The molecule has 1 heterocycles. The van der Waals surface area contributed by atoms with Crippen molar-refractivity contribution < 1.29 is 19.1 Å². The number of carbonyl (C=O) groups is 3. The number of amides is 3. The van der Waals surface area contributed by atoms with Gasteiger partial charge in [0, 0.05) is 33.1 Å². The Labute approximate surface area is 178 Å². The van der Waals surface area contributed by atoms with E-state index in [1.165, 1.54) is 6.92 Å². The molecule has 0 radical (unpaired) electrons. The summed E-state index contributed by atoms with van der Waals surface area (Å²) in [5.74, 6) is 1.41. The van der Waals surface area contributed by atoms with Crippen LogP contribution in [0.3, 0.4) is 0 Å². The predicted octanol–water partition coefficient (Wildman–Crippen LogP) is 0.564. The molecule has 0 spiro atoms. The third-order valence-corrected chi connectivity index (χ3v) is 5.34. The first-order chi connectivity index (χ1) is 14.3. The van der Waals surface area contributed by atoms with Crippen LogP contribution in [0, 0.1) is 11.8 Å². The summed E-state index contributed by atoms with van der Waals surface area (Å²) in [5.41, 5.74) is 1.10. The molecule has 0 unspecified atom stereocenters. The lowest BCUT2D eigenvalue weighted by Gasteiger charge is -2.16. The number of nitrogens with one attached hydrogen (secondary N) is 3. The van der Waals surface area contributed by atoms with Gasteiger partial charge in [-0.1, -0.05) is 26.0 Å². The van der Waals surface area contributed by atoms with Gasteiger partial charge in [0.2, 0.25) is 17.7 Å². The zero-order valence-electron chi connectivity index (χ0n) is 18.2. The first-order valence-corrected chi connectivity index (χ1v) is 10.6. The van der Waals surface area contributed by atoms with E-state index < -0.39 is 5.91 Å². The molecular formula is C22H34N4O4. The van der Waals surface area contributed by atoms with Gasteiger partial charge in [0.25, 0.3) is 0 Å². The molecule has 1 aliphatic rings. The van der Waals surface area contributed by atoms with Crippen molar-refractivity contribution in [3.8, 4) is 5.75 Å². The lowest BCUT2D eigenvalue weighted by molar-refractivity contribution is -0.127. The van der Waals surface area contributed by atoms with Crippen LogP contribution in [0.2, 0.25) is 0 Å². The van der Waals surface area contributed by atoms with Crippen LogP contribution in [0.5, 0.6) is 5.75 Å². The lowest BCUT2D eigenvalue weighted by atomic mass is 10.0. The zero-order chi connectivity index (χ0) is 21.9. The van der Waals surface area contributed by atoms with Crippen molar-refractivity contribution in [3.05, 3.63) is 29.8 Å². The number of hydrogen-bond donors (Lipinski definition) is 3. The van der Waals surface area contributed by atoms with Crippen LogP contribution < -0.4 is 20.7 Å². The topological polar surface area (TPSA) is 99.8 Å². The highest BCUT2D eigenvalue weighted by molar-refractivity contribution is 5.87. The first-order valence-electron chi connectivity index (χ1n) is 10.6. The molecule has 0 aromatic heterocycles. The summed E-state index contributed by atoms with van der Waals surface area (Å²) in [6, 6.07) is 7.90. The molecule has 0 bridgehead atoms. The molecule has 2 atom stereocenters. The van der Waals surface area contributed by atoms with Crippen LogP contribution in [0.1, 0.15) is 26.3 Å². The monoisotopic (exact) mass is 418 g/mol. The van der Waals surface area contributed by atoms with Gasteiger partial charge in [0.15, 0.2) is 0 Å². The van der Waals surface area contributed by atoms with Crippen molar-refractivity contribution in [2.24, 2.45) is 11.8 Å². The van der Waals surface area contributed by atoms with Crippen LogP contribution in [-0.4, -0.2) is 68.5 Å². The fourth-order valence-corrected chi connectivity index (χ4v) is 3.33. The SMILES string of the molecule is CC(=O)NCC(=O)NCC(=O)NCCc1ccc(OCCN2C[C@@H](C)[C@@H](C)C2)cc1. The Balaban J connectivity index is 1.57. The summed E-state index contributed by atoms with van der Waals surface area (Å²) in [4.78, 5) is 36.4. The molecule has 8 heteroatoms. The molecular weight excluding hydrogens is 384 g/mol. The van der Waals surface area contributed by atoms with E-state index in [0.29, 0.717) is 19.6 Å². The standard InChI is InChI=1S/C22H34N4O4/c1-16-14-26(15-17(16)2)10-11-30-20-6-4-19(5-7-20)8-9-23-21(28)13-25-22(29)12-24-18(3)27/h4-7,16-17H,8-15H2,1-3H3,(H,23,28)(H,24,27)(H,25,29)/t16-,17+. The molecule has 1 fully saturated rings. The molecule has 166 valence electrons. The summed E-state index contributed by atoms with van der Waals surface area (Å²) in [6.07, 6.45) is 0.690. The Hall–Kier alpha value is -2.61. The molecule has 1 aromatic rings. The van der Waals surface area contributed by atoms with Gasteiger partial charge in [0.1, 0.15) is 12.4 Å². The van der Waals surface area contributed by atoms with E-state index in [9.17, 15) is 14.4 Å². The maximum atomic E-state index is 11.8. The minimum absolute atomic E-state index is 0.111. The van der Waals surface area contributed by atoms with Crippen molar-refractivity contribution in [1.82, 2.24) is 20.9 Å². The number of benzene rings is 1. The van der Waals surface area contributed by atoms with Crippen LogP contribution >= 0.6 is 0 Å². The molecule has 0 aliphatic carbocycles. The van der Waals surface area contributed by atoms with Crippen molar-refractivity contribution >= 4 is 17.7 Å². The minimum Gasteiger partial charge on any atom is -0.492 e. The Bertz CT molecular complexity index is 698. The number of ether oxygens (including phenoxy) is 1. The van der Waals surface area contributed by atoms with Crippen molar-refractivity contribution in [3.63, 3.8) is 0 Å². The first kappa shape index (κ1) is 23.7. The molecule has 30 heavy (non-hydrogen) atoms. The number of hydrogen-bond acceptors (Lipinski definition) is 5. The van der Waals surface area contributed by atoms with Gasteiger partial charge in [-0.25, -0.2) is 0 Å². The highest BCUT2D eigenvalue weighted by atomic mass is 16.5. The maximum absolute atomic E-state index is 11.8. The minimum atomic E-state index is -0.398.